The Balaban J connectivity index is 1.84. The summed E-state index contributed by atoms with van der Waals surface area (Å²) in [5.41, 5.74) is 1.17. The van der Waals surface area contributed by atoms with E-state index < -0.39 is 0 Å². The van der Waals surface area contributed by atoms with Gasteiger partial charge in [0.05, 0.1) is 16.8 Å². The zero-order chi connectivity index (χ0) is 17.8. The highest BCUT2D eigenvalue weighted by Crippen LogP contribution is 2.35. The van der Waals surface area contributed by atoms with Gasteiger partial charge in [-0.1, -0.05) is 18.7 Å². The van der Waals surface area contributed by atoms with Crippen molar-refractivity contribution in [3.8, 4) is 17.6 Å². The van der Waals surface area contributed by atoms with Crippen molar-refractivity contribution in [1.82, 2.24) is 10.3 Å². The van der Waals surface area contributed by atoms with Gasteiger partial charge in [0.15, 0.2) is 11.5 Å². The Morgan fingerprint density at radius 3 is 2.76 bits per heavy atom. The van der Waals surface area contributed by atoms with E-state index in [0.29, 0.717) is 40.8 Å². The van der Waals surface area contributed by atoms with Crippen LogP contribution in [-0.2, 0) is 4.79 Å². The lowest BCUT2D eigenvalue weighted by Gasteiger charge is -2.19. The second kappa shape index (κ2) is 7.62. The van der Waals surface area contributed by atoms with Gasteiger partial charge in [-0.15, -0.1) is 0 Å². The highest BCUT2D eigenvalue weighted by molar-refractivity contribution is 8.00. The topological polar surface area (TPSA) is 84.2 Å². The molecule has 0 spiro atoms. The molecule has 1 amide bonds. The molecule has 130 valence electrons. The minimum Gasteiger partial charge on any atom is -0.486 e. The maximum absolute atomic E-state index is 12.0. The molecule has 1 aromatic carbocycles. The molecule has 1 unspecified atom stereocenters. The third-order valence-electron chi connectivity index (χ3n) is 3.92. The zero-order valence-corrected chi connectivity index (χ0v) is 15.0. The third-order valence-corrected chi connectivity index (χ3v) is 4.92. The molecule has 6 nitrogen and oxygen atoms in total. The molecule has 0 fully saturated rings. The summed E-state index contributed by atoms with van der Waals surface area (Å²) in [7, 11) is 0. The molecule has 3 rings (SSSR count). The SMILES string of the molecule is CCC(C)NC(=O)CSc1nc2cc3c(cc2cc1C#N)OCCO3. The lowest BCUT2D eigenvalue weighted by atomic mass is 10.1. The minimum atomic E-state index is -0.0627. The summed E-state index contributed by atoms with van der Waals surface area (Å²) in [4.78, 5) is 16.5. The van der Waals surface area contributed by atoms with Crippen LogP contribution in [0.2, 0.25) is 0 Å². The van der Waals surface area contributed by atoms with E-state index in [-0.39, 0.29) is 17.7 Å². The molecule has 0 saturated carbocycles. The second-order valence-electron chi connectivity index (χ2n) is 5.81. The van der Waals surface area contributed by atoms with Gasteiger partial charge in [0.25, 0.3) is 0 Å². The third kappa shape index (κ3) is 3.97. The fraction of sp³-hybridized carbons (Fsp3) is 0.389. The quantitative estimate of drug-likeness (QED) is 0.829. The van der Waals surface area contributed by atoms with Crippen LogP contribution in [0.1, 0.15) is 25.8 Å². The highest BCUT2D eigenvalue weighted by atomic mass is 32.2. The number of amides is 1. The summed E-state index contributed by atoms with van der Waals surface area (Å²) < 4.78 is 11.1. The first-order valence-corrected chi connectivity index (χ1v) is 9.16. The average Bonchev–Trinajstić information content (AvgIpc) is 2.63. The van der Waals surface area contributed by atoms with E-state index >= 15 is 0 Å². The summed E-state index contributed by atoms with van der Waals surface area (Å²) in [5, 5.41) is 13.7. The number of aromatic nitrogens is 1. The van der Waals surface area contributed by atoms with Gasteiger partial charge < -0.3 is 14.8 Å². The van der Waals surface area contributed by atoms with Crippen molar-refractivity contribution in [3.05, 3.63) is 23.8 Å². The first-order chi connectivity index (χ1) is 12.1. The number of hydrogen-bond donors (Lipinski definition) is 1. The van der Waals surface area contributed by atoms with E-state index in [9.17, 15) is 10.1 Å². The van der Waals surface area contributed by atoms with Crippen molar-refractivity contribution in [1.29, 1.82) is 5.26 Å². The molecule has 7 heteroatoms. The average molecular weight is 357 g/mol. The van der Waals surface area contributed by atoms with Crippen molar-refractivity contribution in [2.24, 2.45) is 0 Å². The summed E-state index contributed by atoms with van der Waals surface area (Å²) in [6, 6.07) is 7.71. The maximum Gasteiger partial charge on any atom is 0.230 e. The Morgan fingerprint density at radius 1 is 1.36 bits per heavy atom. The fourth-order valence-electron chi connectivity index (χ4n) is 2.44. The van der Waals surface area contributed by atoms with Gasteiger partial charge >= 0.3 is 0 Å². The number of nitriles is 1. The molecule has 2 aromatic rings. The summed E-state index contributed by atoms with van der Waals surface area (Å²) in [5.74, 6) is 1.48. The van der Waals surface area contributed by atoms with Gasteiger partial charge in [-0.2, -0.15) is 5.26 Å². The molecule has 1 atom stereocenters. The van der Waals surface area contributed by atoms with Gasteiger partial charge in [0.2, 0.25) is 5.91 Å². The molecule has 1 N–H and O–H groups in total. The van der Waals surface area contributed by atoms with Crippen LogP contribution in [-0.4, -0.2) is 35.9 Å². The van der Waals surface area contributed by atoms with Crippen LogP contribution in [0.3, 0.4) is 0 Å². The number of carbonyl (C=O) groups excluding carboxylic acids is 1. The van der Waals surface area contributed by atoms with Gasteiger partial charge in [-0.05, 0) is 25.5 Å². The number of carbonyl (C=O) groups is 1. The lowest BCUT2D eigenvalue weighted by Crippen LogP contribution is -2.33. The number of thioether (sulfide) groups is 1. The van der Waals surface area contributed by atoms with Crippen LogP contribution in [0.5, 0.6) is 11.5 Å². The monoisotopic (exact) mass is 357 g/mol. The van der Waals surface area contributed by atoms with E-state index in [4.69, 9.17) is 9.47 Å². The van der Waals surface area contributed by atoms with Crippen molar-refractivity contribution >= 4 is 28.6 Å². The number of ether oxygens (including phenoxy) is 2. The van der Waals surface area contributed by atoms with Crippen LogP contribution in [0.4, 0.5) is 0 Å². The summed E-state index contributed by atoms with van der Waals surface area (Å²) >= 11 is 1.27. The van der Waals surface area contributed by atoms with Crippen LogP contribution in [0.25, 0.3) is 10.9 Å². The van der Waals surface area contributed by atoms with Crippen LogP contribution in [0, 0.1) is 11.3 Å². The number of fused-ring (bicyclic) bond motifs is 2. The largest absolute Gasteiger partial charge is 0.486 e. The van der Waals surface area contributed by atoms with E-state index in [1.54, 1.807) is 6.07 Å². The van der Waals surface area contributed by atoms with Crippen molar-refractivity contribution in [3.63, 3.8) is 0 Å². The first kappa shape index (κ1) is 17.4. The predicted molar refractivity (Wildman–Crippen MR) is 96.1 cm³/mol. The predicted octanol–water partition coefficient (Wildman–Crippen LogP) is 2.88. The zero-order valence-electron chi connectivity index (χ0n) is 14.2. The Bertz CT molecular complexity index is 848. The number of rotatable bonds is 5. The Kier molecular flexibility index (Phi) is 5.29. The number of nitrogens with zero attached hydrogens (tertiary/aromatic N) is 2. The molecule has 1 aromatic heterocycles. The van der Waals surface area contributed by atoms with E-state index in [2.05, 4.69) is 16.4 Å². The number of hydrogen-bond acceptors (Lipinski definition) is 6. The van der Waals surface area contributed by atoms with Gasteiger partial charge in [0, 0.05) is 17.5 Å². The van der Waals surface area contributed by atoms with Gasteiger partial charge in [0.1, 0.15) is 24.3 Å². The fourth-order valence-corrected chi connectivity index (χ4v) is 3.21. The van der Waals surface area contributed by atoms with Crippen molar-refractivity contribution in [2.75, 3.05) is 19.0 Å². The molecule has 1 aliphatic rings. The Hall–Kier alpha value is -2.46. The summed E-state index contributed by atoms with van der Waals surface area (Å²) in [6.07, 6.45) is 0.876. The van der Waals surface area contributed by atoms with Crippen molar-refractivity contribution < 1.29 is 14.3 Å². The van der Waals surface area contributed by atoms with E-state index in [1.165, 1.54) is 11.8 Å². The second-order valence-corrected chi connectivity index (χ2v) is 6.77. The van der Waals surface area contributed by atoms with Gasteiger partial charge in [-0.3, -0.25) is 4.79 Å². The van der Waals surface area contributed by atoms with Crippen LogP contribution in [0.15, 0.2) is 23.2 Å². The molecule has 0 saturated heterocycles. The normalized spacial score (nSPS) is 14.0. The first-order valence-electron chi connectivity index (χ1n) is 8.17. The Labute approximate surface area is 150 Å². The van der Waals surface area contributed by atoms with Crippen molar-refractivity contribution in [2.45, 2.75) is 31.3 Å². The van der Waals surface area contributed by atoms with Crippen LogP contribution >= 0.6 is 11.8 Å². The number of benzene rings is 1. The molecule has 1 aliphatic heterocycles. The summed E-state index contributed by atoms with van der Waals surface area (Å²) in [6.45, 7) is 4.99. The standard InChI is InChI=1S/C18H19N3O3S/c1-3-11(2)20-17(22)10-25-18-13(9-19)6-12-7-15-16(8-14(12)21-18)24-5-4-23-15/h6-8,11H,3-5,10H2,1-2H3,(H,20,22). The van der Waals surface area contributed by atoms with E-state index in [1.807, 2.05) is 26.0 Å². The Morgan fingerprint density at radius 2 is 2.08 bits per heavy atom. The lowest BCUT2D eigenvalue weighted by molar-refractivity contribution is -0.119. The van der Waals surface area contributed by atoms with Crippen LogP contribution < -0.4 is 14.8 Å². The van der Waals surface area contributed by atoms with Gasteiger partial charge in [-0.25, -0.2) is 4.98 Å². The molecule has 25 heavy (non-hydrogen) atoms. The van der Waals surface area contributed by atoms with E-state index in [0.717, 1.165) is 11.8 Å². The molecular weight excluding hydrogens is 338 g/mol. The molecular formula is C18H19N3O3S. The molecule has 0 aliphatic carbocycles. The molecule has 0 radical (unpaired) electrons. The number of nitrogens with one attached hydrogen (secondary N) is 1. The molecule has 0 bridgehead atoms. The maximum atomic E-state index is 12.0. The smallest absolute Gasteiger partial charge is 0.230 e. The molecule has 2 heterocycles. The number of pyridine rings is 1. The minimum absolute atomic E-state index is 0.0627. The highest BCUT2D eigenvalue weighted by Gasteiger charge is 2.16.